The van der Waals surface area contributed by atoms with Crippen LogP contribution in [0.25, 0.3) is 0 Å². The number of ether oxygens (including phenoxy) is 1. The summed E-state index contributed by atoms with van der Waals surface area (Å²) in [5, 5.41) is 0. The van der Waals surface area contributed by atoms with Crippen molar-refractivity contribution in [3.05, 3.63) is 0 Å². The van der Waals surface area contributed by atoms with Gasteiger partial charge in [-0.3, -0.25) is 4.79 Å². The van der Waals surface area contributed by atoms with Gasteiger partial charge in [0.1, 0.15) is 0 Å². The zero-order valence-electron chi connectivity index (χ0n) is 8.75. The van der Waals surface area contributed by atoms with E-state index in [1.54, 1.807) is 12.0 Å². The number of carbonyl (C=O) groups excluding carboxylic acids is 1. The van der Waals surface area contributed by atoms with Crippen LogP contribution in [-0.4, -0.2) is 44.2 Å². The minimum Gasteiger partial charge on any atom is -0.383 e. The summed E-state index contributed by atoms with van der Waals surface area (Å²) < 4.78 is 4.91. The van der Waals surface area contributed by atoms with Crippen molar-refractivity contribution in [2.75, 3.05) is 33.4 Å². The molecule has 0 heterocycles. The van der Waals surface area contributed by atoms with Crippen LogP contribution in [0.3, 0.4) is 0 Å². The SMILES string of the molecule is COCCN(CCN)C(=O)C(C)C. The van der Waals surface area contributed by atoms with Crippen molar-refractivity contribution < 1.29 is 9.53 Å². The predicted octanol–water partition coefficient (Wildman–Crippen LogP) is 0.0761. The summed E-state index contributed by atoms with van der Waals surface area (Å²) in [7, 11) is 1.63. The second-order valence-electron chi connectivity index (χ2n) is 3.26. The lowest BCUT2D eigenvalue weighted by molar-refractivity contribution is -0.134. The highest BCUT2D eigenvalue weighted by molar-refractivity contribution is 5.78. The fraction of sp³-hybridized carbons (Fsp3) is 0.889. The van der Waals surface area contributed by atoms with E-state index < -0.39 is 0 Å². The third kappa shape index (κ3) is 4.85. The van der Waals surface area contributed by atoms with Crippen LogP contribution in [0.4, 0.5) is 0 Å². The van der Waals surface area contributed by atoms with Gasteiger partial charge < -0.3 is 15.4 Å². The number of hydrogen-bond donors (Lipinski definition) is 1. The van der Waals surface area contributed by atoms with Crippen molar-refractivity contribution in [3.8, 4) is 0 Å². The molecule has 0 aromatic rings. The lowest BCUT2D eigenvalue weighted by Crippen LogP contribution is -2.39. The van der Waals surface area contributed by atoms with Gasteiger partial charge in [-0.25, -0.2) is 0 Å². The molecule has 13 heavy (non-hydrogen) atoms. The fourth-order valence-electron chi connectivity index (χ4n) is 1.05. The second kappa shape index (κ2) is 6.86. The van der Waals surface area contributed by atoms with Crippen LogP contribution >= 0.6 is 0 Å². The first-order valence-electron chi connectivity index (χ1n) is 4.61. The fourth-order valence-corrected chi connectivity index (χ4v) is 1.05. The van der Waals surface area contributed by atoms with E-state index in [1.807, 2.05) is 13.8 Å². The summed E-state index contributed by atoms with van der Waals surface area (Å²) in [4.78, 5) is 13.3. The first-order valence-corrected chi connectivity index (χ1v) is 4.61. The van der Waals surface area contributed by atoms with Crippen LogP contribution in [-0.2, 0) is 9.53 Å². The van der Waals surface area contributed by atoms with Gasteiger partial charge in [0.2, 0.25) is 5.91 Å². The zero-order chi connectivity index (χ0) is 10.3. The molecule has 78 valence electrons. The molecule has 0 saturated carbocycles. The molecule has 0 fully saturated rings. The number of hydrogen-bond acceptors (Lipinski definition) is 3. The summed E-state index contributed by atoms with van der Waals surface area (Å²) in [6.45, 7) is 6.09. The molecule has 4 heteroatoms. The molecule has 1 amide bonds. The van der Waals surface area contributed by atoms with E-state index >= 15 is 0 Å². The summed E-state index contributed by atoms with van der Waals surface area (Å²) in [5.41, 5.74) is 5.40. The molecule has 0 saturated heterocycles. The van der Waals surface area contributed by atoms with Crippen LogP contribution in [0.1, 0.15) is 13.8 Å². The average Bonchev–Trinajstić information content (AvgIpc) is 2.11. The van der Waals surface area contributed by atoms with Crippen LogP contribution in [0.5, 0.6) is 0 Å². The highest BCUT2D eigenvalue weighted by atomic mass is 16.5. The van der Waals surface area contributed by atoms with Crippen molar-refractivity contribution in [1.82, 2.24) is 4.90 Å². The molecular formula is C9H20N2O2. The van der Waals surface area contributed by atoms with E-state index in [0.717, 1.165) is 0 Å². The van der Waals surface area contributed by atoms with Crippen LogP contribution in [0.15, 0.2) is 0 Å². The van der Waals surface area contributed by atoms with Gasteiger partial charge in [-0.2, -0.15) is 0 Å². The molecule has 0 aromatic heterocycles. The van der Waals surface area contributed by atoms with Gasteiger partial charge in [-0.05, 0) is 0 Å². The Bertz CT molecular complexity index is 149. The van der Waals surface area contributed by atoms with E-state index in [9.17, 15) is 4.79 Å². The van der Waals surface area contributed by atoms with Gasteiger partial charge in [0.25, 0.3) is 0 Å². The highest BCUT2D eigenvalue weighted by Gasteiger charge is 2.15. The number of nitrogens with zero attached hydrogens (tertiary/aromatic N) is 1. The molecular weight excluding hydrogens is 168 g/mol. The Hall–Kier alpha value is -0.610. The monoisotopic (exact) mass is 188 g/mol. The quantitative estimate of drug-likeness (QED) is 0.642. The van der Waals surface area contributed by atoms with Crippen molar-refractivity contribution in [1.29, 1.82) is 0 Å². The summed E-state index contributed by atoms with van der Waals surface area (Å²) in [6.07, 6.45) is 0. The lowest BCUT2D eigenvalue weighted by Gasteiger charge is -2.23. The van der Waals surface area contributed by atoms with E-state index in [-0.39, 0.29) is 11.8 Å². The summed E-state index contributed by atoms with van der Waals surface area (Å²) in [6, 6.07) is 0. The van der Waals surface area contributed by atoms with Crippen molar-refractivity contribution in [2.45, 2.75) is 13.8 Å². The van der Waals surface area contributed by atoms with Gasteiger partial charge in [0.15, 0.2) is 0 Å². The molecule has 0 bridgehead atoms. The van der Waals surface area contributed by atoms with E-state index in [1.165, 1.54) is 0 Å². The number of methoxy groups -OCH3 is 1. The topological polar surface area (TPSA) is 55.6 Å². The largest absolute Gasteiger partial charge is 0.383 e. The van der Waals surface area contributed by atoms with Crippen molar-refractivity contribution in [2.24, 2.45) is 11.7 Å². The van der Waals surface area contributed by atoms with E-state index in [2.05, 4.69) is 0 Å². The van der Waals surface area contributed by atoms with Gasteiger partial charge in [-0.1, -0.05) is 13.8 Å². The Morgan fingerprint density at radius 3 is 2.46 bits per heavy atom. The summed E-state index contributed by atoms with van der Waals surface area (Å²) >= 11 is 0. The normalized spacial score (nSPS) is 10.5. The minimum atomic E-state index is 0.0309. The van der Waals surface area contributed by atoms with Crippen LogP contribution in [0, 0.1) is 5.92 Å². The Labute approximate surface area is 80.0 Å². The molecule has 0 rings (SSSR count). The zero-order valence-corrected chi connectivity index (χ0v) is 8.75. The Kier molecular flexibility index (Phi) is 6.54. The van der Waals surface area contributed by atoms with Crippen molar-refractivity contribution in [3.63, 3.8) is 0 Å². The Morgan fingerprint density at radius 2 is 2.08 bits per heavy atom. The molecule has 0 radical (unpaired) electrons. The van der Waals surface area contributed by atoms with Gasteiger partial charge in [0.05, 0.1) is 6.61 Å². The smallest absolute Gasteiger partial charge is 0.225 e. The molecule has 0 spiro atoms. The van der Waals surface area contributed by atoms with Crippen LogP contribution < -0.4 is 5.73 Å². The molecule has 0 aliphatic carbocycles. The molecule has 0 aromatic carbocycles. The maximum atomic E-state index is 11.6. The number of rotatable bonds is 6. The Morgan fingerprint density at radius 1 is 1.46 bits per heavy atom. The predicted molar refractivity (Wildman–Crippen MR) is 52.3 cm³/mol. The van der Waals surface area contributed by atoms with Crippen LogP contribution in [0.2, 0.25) is 0 Å². The van der Waals surface area contributed by atoms with E-state index in [4.69, 9.17) is 10.5 Å². The van der Waals surface area contributed by atoms with Gasteiger partial charge >= 0.3 is 0 Å². The Balaban J connectivity index is 3.99. The van der Waals surface area contributed by atoms with Gasteiger partial charge in [-0.15, -0.1) is 0 Å². The average molecular weight is 188 g/mol. The third-order valence-electron chi connectivity index (χ3n) is 1.77. The third-order valence-corrected chi connectivity index (χ3v) is 1.77. The first-order chi connectivity index (χ1) is 6.13. The second-order valence-corrected chi connectivity index (χ2v) is 3.26. The molecule has 0 atom stereocenters. The lowest BCUT2D eigenvalue weighted by atomic mass is 10.2. The number of carbonyl (C=O) groups is 1. The molecule has 2 N–H and O–H groups in total. The highest BCUT2D eigenvalue weighted by Crippen LogP contribution is 2.00. The standard InChI is InChI=1S/C9H20N2O2/c1-8(2)9(12)11(5-4-10)6-7-13-3/h8H,4-7,10H2,1-3H3. The molecule has 4 nitrogen and oxygen atoms in total. The maximum absolute atomic E-state index is 11.6. The molecule has 0 aliphatic heterocycles. The van der Waals surface area contributed by atoms with Crippen molar-refractivity contribution >= 4 is 5.91 Å². The number of amides is 1. The van der Waals surface area contributed by atoms with E-state index in [0.29, 0.717) is 26.2 Å². The first kappa shape index (κ1) is 12.4. The number of nitrogens with two attached hydrogens (primary N) is 1. The van der Waals surface area contributed by atoms with Gasteiger partial charge in [0, 0.05) is 32.7 Å². The minimum absolute atomic E-state index is 0.0309. The molecule has 0 aliphatic rings. The summed E-state index contributed by atoms with van der Waals surface area (Å²) in [5.74, 6) is 0.172. The maximum Gasteiger partial charge on any atom is 0.225 e. The molecule has 0 unspecified atom stereocenters.